The predicted molar refractivity (Wildman–Crippen MR) is 136 cm³/mol. The number of benzene rings is 3. The fraction of sp³-hybridized carbons (Fsp3) is 0.185. The van der Waals surface area contributed by atoms with Crippen LogP contribution >= 0.6 is 0 Å². The van der Waals surface area contributed by atoms with Gasteiger partial charge in [-0.3, -0.25) is 9.48 Å². The van der Waals surface area contributed by atoms with Crippen LogP contribution < -0.4 is 0 Å². The molecule has 8 heteroatoms. The SMILES string of the molecule is O=C(C=Cc1cnn(Cc2ccccc2)c1)N1CCN(S(=O)(=O)c2ccc3ccccc3c2)CC1. The highest BCUT2D eigenvalue weighted by Crippen LogP contribution is 2.23. The van der Waals surface area contributed by atoms with E-state index in [1.54, 1.807) is 29.3 Å². The van der Waals surface area contributed by atoms with Crippen molar-refractivity contribution in [3.63, 3.8) is 0 Å². The second-order valence-electron chi connectivity index (χ2n) is 8.53. The molecule has 0 bridgehead atoms. The molecule has 1 aliphatic heterocycles. The Bertz CT molecular complexity index is 1470. The highest BCUT2D eigenvalue weighted by atomic mass is 32.2. The Kier molecular flexibility index (Phi) is 6.48. The average molecular weight is 487 g/mol. The van der Waals surface area contributed by atoms with E-state index in [1.807, 2.05) is 71.5 Å². The molecule has 0 unspecified atom stereocenters. The van der Waals surface area contributed by atoms with Crippen molar-refractivity contribution in [1.82, 2.24) is 19.0 Å². The van der Waals surface area contributed by atoms with Gasteiger partial charge in [0.25, 0.3) is 0 Å². The van der Waals surface area contributed by atoms with Crippen LogP contribution in [0, 0.1) is 0 Å². The van der Waals surface area contributed by atoms with Crippen molar-refractivity contribution in [3.8, 4) is 0 Å². The first-order chi connectivity index (χ1) is 17.0. The number of rotatable bonds is 6. The van der Waals surface area contributed by atoms with Crippen molar-refractivity contribution in [2.45, 2.75) is 11.4 Å². The van der Waals surface area contributed by atoms with Gasteiger partial charge in [-0.05, 0) is 34.5 Å². The van der Waals surface area contributed by atoms with E-state index in [0.717, 1.165) is 21.9 Å². The lowest BCUT2D eigenvalue weighted by atomic mass is 10.1. The summed E-state index contributed by atoms with van der Waals surface area (Å²) in [6.45, 7) is 1.90. The van der Waals surface area contributed by atoms with Crippen LogP contribution in [0.3, 0.4) is 0 Å². The van der Waals surface area contributed by atoms with Gasteiger partial charge in [0, 0.05) is 44.0 Å². The minimum absolute atomic E-state index is 0.136. The summed E-state index contributed by atoms with van der Waals surface area (Å²) in [5.41, 5.74) is 1.99. The summed E-state index contributed by atoms with van der Waals surface area (Å²) in [5, 5.41) is 6.24. The molecule has 0 aliphatic carbocycles. The molecule has 4 aromatic rings. The molecule has 3 aromatic carbocycles. The minimum atomic E-state index is -3.61. The highest BCUT2D eigenvalue weighted by molar-refractivity contribution is 7.89. The molecule has 7 nitrogen and oxygen atoms in total. The van der Waals surface area contributed by atoms with E-state index in [1.165, 1.54) is 10.4 Å². The number of carbonyl (C=O) groups is 1. The summed E-state index contributed by atoms with van der Waals surface area (Å²) in [5.74, 6) is -0.136. The van der Waals surface area contributed by atoms with Crippen LogP contribution in [0.5, 0.6) is 0 Å². The van der Waals surface area contributed by atoms with Crippen LogP contribution in [0.4, 0.5) is 0 Å². The second kappa shape index (κ2) is 9.85. The molecule has 5 rings (SSSR count). The van der Waals surface area contributed by atoms with Gasteiger partial charge < -0.3 is 4.90 Å². The van der Waals surface area contributed by atoms with Crippen molar-refractivity contribution in [3.05, 3.63) is 102 Å². The molecule has 1 aliphatic rings. The lowest BCUT2D eigenvalue weighted by molar-refractivity contribution is -0.127. The first kappa shape index (κ1) is 23.0. The van der Waals surface area contributed by atoms with Crippen LogP contribution in [-0.2, 0) is 21.4 Å². The third-order valence-electron chi connectivity index (χ3n) is 6.17. The fourth-order valence-corrected chi connectivity index (χ4v) is 5.68. The summed E-state index contributed by atoms with van der Waals surface area (Å²) in [6.07, 6.45) is 6.89. The standard InChI is InChI=1S/C27H26N4O3S/c32-27(13-10-23-19-28-30(21-23)20-22-6-2-1-3-7-22)29-14-16-31(17-15-29)35(33,34)26-12-11-24-8-4-5-9-25(24)18-26/h1-13,18-19,21H,14-17,20H2. The lowest BCUT2D eigenvalue weighted by Gasteiger charge is -2.33. The number of hydrogen-bond acceptors (Lipinski definition) is 4. The summed E-state index contributed by atoms with van der Waals surface area (Å²) >= 11 is 0. The van der Waals surface area contributed by atoms with Gasteiger partial charge in [0.15, 0.2) is 0 Å². The van der Waals surface area contributed by atoms with E-state index in [9.17, 15) is 13.2 Å². The Labute approximate surface area is 205 Å². The van der Waals surface area contributed by atoms with Gasteiger partial charge in [0.1, 0.15) is 0 Å². The smallest absolute Gasteiger partial charge is 0.246 e. The Hall–Kier alpha value is -3.75. The van der Waals surface area contributed by atoms with Crippen LogP contribution in [0.1, 0.15) is 11.1 Å². The molecule has 1 fully saturated rings. The number of aromatic nitrogens is 2. The van der Waals surface area contributed by atoms with E-state index in [4.69, 9.17) is 0 Å². The molecule has 0 radical (unpaired) electrons. The zero-order valence-corrected chi connectivity index (χ0v) is 20.0. The maximum Gasteiger partial charge on any atom is 0.246 e. The molecule has 35 heavy (non-hydrogen) atoms. The van der Waals surface area contributed by atoms with Crippen LogP contribution in [-0.4, -0.2) is 59.5 Å². The van der Waals surface area contributed by atoms with Gasteiger partial charge in [-0.1, -0.05) is 60.7 Å². The van der Waals surface area contributed by atoms with Crippen molar-refractivity contribution >= 4 is 32.8 Å². The van der Waals surface area contributed by atoms with Crippen LogP contribution in [0.2, 0.25) is 0 Å². The molecule has 0 N–H and O–H groups in total. The maximum atomic E-state index is 13.2. The Balaban J connectivity index is 1.18. The number of piperazine rings is 1. The number of fused-ring (bicyclic) bond motifs is 1. The molecule has 2 heterocycles. The maximum absolute atomic E-state index is 13.2. The number of amides is 1. The van der Waals surface area contributed by atoms with E-state index >= 15 is 0 Å². The quantitative estimate of drug-likeness (QED) is 0.390. The van der Waals surface area contributed by atoms with Gasteiger partial charge in [0.05, 0.1) is 17.6 Å². The second-order valence-corrected chi connectivity index (χ2v) is 10.5. The van der Waals surface area contributed by atoms with Crippen molar-refractivity contribution < 1.29 is 13.2 Å². The van der Waals surface area contributed by atoms with Gasteiger partial charge in [-0.25, -0.2) is 8.42 Å². The lowest BCUT2D eigenvalue weighted by Crippen LogP contribution is -2.50. The zero-order valence-electron chi connectivity index (χ0n) is 19.2. The van der Waals surface area contributed by atoms with Crippen molar-refractivity contribution in [2.24, 2.45) is 0 Å². The third kappa shape index (κ3) is 5.18. The molecular formula is C27H26N4O3S. The van der Waals surface area contributed by atoms with Gasteiger partial charge in [-0.15, -0.1) is 0 Å². The topological polar surface area (TPSA) is 75.5 Å². The fourth-order valence-electron chi connectivity index (χ4n) is 4.22. The Morgan fingerprint density at radius 2 is 1.60 bits per heavy atom. The highest BCUT2D eigenvalue weighted by Gasteiger charge is 2.29. The number of hydrogen-bond donors (Lipinski definition) is 0. The van der Waals surface area contributed by atoms with Crippen LogP contribution in [0.25, 0.3) is 16.8 Å². The van der Waals surface area contributed by atoms with Gasteiger partial charge in [0.2, 0.25) is 15.9 Å². The summed E-state index contributed by atoms with van der Waals surface area (Å²) in [4.78, 5) is 14.6. The largest absolute Gasteiger partial charge is 0.337 e. The normalized spacial score (nSPS) is 15.1. The number of nitrogens with zero attached hydrogens (tertiary/aromatic N) is 4. The first-order valence-corrected chi connectivity index (χ1v) is 13.0. The molecule has 1 amide bonds. The summed E-state index contributed by atoms with van der Waals surface area (Å²) in [6, 6.07) is 22.9. The number of sulfonamides is 1. The van der Waals surface area contributed by atoms with Crippen molar-refractivity contribution in [2.75, 3.05) is 26.2 Å². The first-order valence-electron chi connectivity index (χ1n) is 11.5. The average Bonchev–Trinajstić information content (AvgIpc) is 3.34. The summed E-state index contributed by atoms with van der Waals surface area (Å²) in [7, 11) is -3.61. The third-order valence-corrected chi connectivity index (χ3v) is 8.06. The monoisotopic (exact) mass is 486 g/mol. The molecular weight excluding hydrogens is 460 g/mol. The van der Waals surface area contributed by atoms with E-state index in [-0.39, 0.29) is 23.9 Å². The minimum Gasteiger partial charge on any atom is -0.337 e. The molecule has 1 aromatic heterocycles. The molecule has 0 atom stereocenters. The predicted octanol–water partition coefficient (Wildman–Crippen LogP) is 3.63. The zero-order chi connectivity index (χ0) is 24.3. The number of carbonyl (C=O) groups excluding carboxylic acids is 1. The molecule has 0 saturated carbocycles. The molecule has 1 saturated heterocycles. The van der Waals surface area contributed by atoms with E-state index in [0.29, 0.717) is 19.6 Å². The molecule has 0 spiro atoms. The van der Waals surface area contributed by atoms with E-state index < -0.39 is 10.0 Å². The van der Waals surface area contributed by atoms with Crippen LogP contribution in [0.15, 0.2) is 96.2 Å². The summed E-state index contributed by atoms with van der Waals surface area (Å²) < 4.78 is 29.6. The Morgan fingerprint density at radius 3 is 2.37 bits per heavy atom. The van der Waals surface area contributed by atoms with Gasteiger partial charge in [-0.2, -0.15) is 9.40 Å². The van der Waals surface area contributed by atoms with Gasteiger partial charge >= 0.3 is 0 Å². The van der Waals surface area contributed by atoms with E-state index in [2.05, 4.69) is 5.10 Å². The molecule has 178 valence electrons. The Morgan fingerprint density at radius 1 is 0.886 bits per heavy atom. The van der Waals surface area contributed by atoms with Crippen molar-refractivity contribution in [1.29, 1.82) is 0 Å².